The van der Waals surface area contributed by atoms with E-state index in [-0.39, 0.29) is 11.3 Å². The Labute approximate surface area is 105 Å². The smallest absolute Gasteiger partial charge is 0.144 e. The minimum absolute atomic E-state index is 0.00405. The van der Waals surface area contributed by atoms with Gasteiger partial charge in [-0.05, 0) is 18.8 Å². The van der Waals surface area contributed by atoms with Gasteiger partial charge in [-0.3, -0.25) is 4.79 Å². The highest BCUT2D eigenvalue weighted by molar-refractivity contribution is 5.88. The maximum atomic E-state index is 12.3. The Kier molecular flexibility index (Phi) is 4.70. The number of methoxy groups -OCH3 is 1. The molecule has 0 heterocycles. The minimum atomic E-state index is 0.00405. The second-order valence-corrected chi connectivity index (χ2v) is 6.03. The van der Waals surface area contributed by atoms with Crippen LogP contribution in [-0.4, -0.2) is 19.5 Å². The average Bonchev–Trinajstić information content (AvgIpc) is 2.54. The topological polar surface area (TPSA) is 26.3 Å². The van der Waals surface area contributed by atoms with E-state index in [0.717, 1.165) is 6.42 Å². The molecule has 0 bridgehead atoms. The van der Waals surface area contributed by atoms with Crippen molar-refractivity contribution in [1.29, 1.82) is 0 Å². The van der Waals surface area contributed by atoms with Crippen molar-refractivity contribution in [2.75, 3.05) is 13.7 Å². The summed E-state index contributed by atoms with van der Waals surface area (Å²) in [5.74, 6) is 0.343. The van der Waals surface area contributed by atoms with Gasteiger partial charge in [-0.15, -0.1) is 0 Å². The van der Waals surface area contributed by atoms with E-state index in [1.807, 2.05) is 6.92 Å². The first-order chi connectivity index (χ1) is 7.85. The zero-order valence-corrected chi connectivity index (χ0v) is 11.7. The van der Waals surface area contributed by atoms with Crippen molar-refractivity contribution in [2.24, 2.45) is 11.3 Å². The summed E-state index contributed by atoms with van der Waals surface area (Å²) in [7, 11) is 1.70. The lowest BCUT2D eigenvalue weighted by Crippen LogP contribution is -2.22. The van der Waals surface area contributed by atoms with Gasteiger partial charge in [0, 0.05) is 20.1 Å². The SMILES string of the molecule is COCCC1=CC=C(C)C1C(=O)CC(C)(C)C. The highest BCUT2D eigenvalue weighted by atomic mass is 16.5. The molecule has 1 rings (SSSR count). The molecule has 2 heteroatoms. The lowest BCUT2D eigenvalue weighted by Gasteiger charge is -2.22. The monoisotopic (exact) mass is 236 g/mol. The van der Waals surface area contributed by atoms with Gasteiger partial charge >= 0.3 is 0 Å². The van der Waals surface area contributed by atoms with E-state index < -0.39 is 0 Å². The van der Waals surface area contributed by atoms with E-state index in [1.54, 1.807) is 7.11 Å². The zero-order valence-electron chi connectivity index (χ0n) is 11.7. The summed E-state index contributed by atoms with van der Waals surface area (Å²) in [4.78, 5) is 12.3. The first-order valence-corrected chi connectivity index (χ1v) is 6.24. The van der Waals surface area contributed by atoms with Crippen LogP contribution < -0.4 is 0 Å². The third kappa shape index (κ3) is 4.12. The average molecular weight is 236 g/mol. The number of ether oxygens (including phenoxy) is 1. The van der Waals surface area contributed by atoms with E-state index in [9.17, 15) is 4.79 Å². The first-order valence-electron chi connectivity index (χ1n) is 6.24. The summed E-state index contributed by atoms with van der Waals surface area (Å²) in [6, 6.07) is 0. The molecule has 0 radical (unpaired) electrons. The quantitative estimate of drug-likeness (QED) is 0.730. The molecule has 1 atom stereocenters. The number of rotatable bonds is 5. The number of carbonyl (C=O) groups excluding carboxylic acids is 1. The Morgan fingerprint density at radius 2 is 2.00 bits per heavy atom. The molecule has 0 aliphatic heterocycles. The molecule has 17 heavy (non-hydrogen) atoms. The Hall–Kier alpha value is -0.890. The van der Waals surface area contributed by atoms with Crippen LogP contribution in [0.4, 0.5) is 0 Å². The predicted molar refractivity (Wildman–Crippen MR) is 70.9 cm³/mol. The molecule has 0 aromatic heterocycles. The van der Waals surface area contributed by atoms with Crippen molar-refractivity contribution in [1.82, 2.24) is 0 Å². The summed E-state index contributed by atoms with van der Waals surface area (Å²) >= 11 is 0. The highest BCUT2D eigenvalue weighted by Crippen LogP contribution is 2.33. The third-order valence-corrected chi connectivity index (χ3v) is 3.01. The van der Waals surface area contributed by atoms with Crippen LogP contribution >= 0.6 is 0 Å². The van der Waals surface area contributed by atoms with Gasteiger partial charge in [-0.25, -0.2) is 0 Å². The van der Waals surface area contributed by atoms with Gasteiger partial charge in [0.1, 0.15) is 5.78 Å². The van der Waals surface area contributed by atoms with Gasteiger partial charge < -0.3 is 4.74 Å². The Morgan fingerprint density at radius 3 is 2.53 bits per heavy atom. The van der Waals surface area contributed by atoms with Crippen LogP contribution in [0.1, 0.15) is 40.5 Å². The Bertz CT molecular complexity index is 342. The molecule has 0 N–H and O–H groups in total. The summed E-state index contributed by atoms with van der Waals surface area (Å²) in [6.07, 6.45) is 5.63. The number of ketones is 1. The van der Waals surface area contributed by atoms with E-state index in [1.165, 1.54) is 11.1 Å². The van der Waals surface area contributed by atoms with Crippen LogP contribution in [0.15, 0.2) is 23.3 Å². The van der Waals surface area contributed by atoms with Gasteiger partial charge in [0.2, 0.25) is 0 Å². The Balaban J connectivity index is 2.69. The maximum absolute atomic E-state index is 12.3. The van der Waals surface area contributed by atoms with Crippen LogP contribution in [-0.2, 0) is 9.53 Å². The van der Waals surface area contributed by atoms with Crippen LogP contribution in [0.3, 0.4) is 0 Å². The molecular weight excluding hydrogens is 212 g/mol. The summed E-state index contributed by atoms with van der Waals surface area (Å²) in [5.41, 5.74) is 2.44. The number of hydrogen-bond donors (Lipinski definition) is 0. The first kappa shape index (κ1) is 14.2. The second-order valence-electron chi connectivity index (χ2n) is 6.03. The van der Waals surface area contributed by atoms with Crippen LogP contribution in [0.2, 0.25) is 0 Å². The number of allylic oxidation sites excluding steroid dienone is 3. The molecular formula is C15H24O2. The van der Waals surface area contributed by atoms with E-state index in [2.05, 4.69) is 32.9 Å². The van der Waals surface area contributed by atoms with Crippen LogP contribution in [0.5, 0.6) is 0 Å². The van der Waals surface area contributed by atoms with Gasteiger partial charge in [0.15, 0.2) is 0 Å². The van der Waals surface area contributed by atoms with Gasteiger partial charge in [-0.1, -0.05) is 44.1 Å². The fraction of sp³-hybridized carbons (Fsp3) is 0.667. The van der Waals surface area contributed by atoms with E-state index in [4.69, 9.17) is 4.74 Å². The standard InChI is InChI=1S/C15H24O2/c1-11-6-7-12(8-9-17-5)14(11)13(16)10-15(2,3)4/h6-7,14H,8-10H2,1-5H3. The molecule has 0 aromatic carbocycles. The third-order valence-electron chi connectivity index (χ3n) is 3.01. The molecule has 0 spiro atoms. The molecule has 1 unspecified atom stereocenters. The second kappa shape index (κ2) is 5.63. The molecule has 0 amide bonds. The van der Waals surface area contributed by atoms with Crippen molar-refractivity contribution in [2.45, 2.75) is 40.5 Å². The number of carbonyl (C=O) groups is 1. The van der Waals surface area contributed by atoms with Crippen molar-refractivity contribution in [3.05, 3.63) is 23.3 Å². The molecule has 1 aliphatic rings. The molecule has 2 nitrogen and oxygen atoms in total. The molecule has 0 aromatic rings. The van der Waals surface area contributed by atoms with Crippen LogP contribution in [0.25, 0.3) is 0 Å². The van der Waals surface area contributed by atoms with Gasteiger partial charge in [0.05, 0.1) is 5.92 Å². The van der Waals surface area contributed by atoms with E-state index >= 15 is 0 Å². The fourth-order valence-corrected chi connectivity index (χ4v) is 2.26. The molecule has 0 fully saturated rings. The van der Waals surface area contributed by atoms with Gasteiger partial charge in [-0.2, -0.15) is 0 Å². The zero-order chi connectivity index (χ0) is 13.1. The maximum Gasteiger partial charge on any atom is 0.144 e. The largest absolute Gasteiger partial charge is 0.384 e. The number of Topliss-reactive ketones (excluding diaryl/α,β-unsaturated/α-hetero) is 1. The van der Waals surface area contributed by atoms with Crippen molar-refractivity contribution in [3.8, 4) is 0 Å². The number of hydrogen-bond acceptors (Lipinski definition) is 2. The Morgan fingerprint density at radius 1 is 1.35 bits per heavy atom. The molecule has 1 aliphatic carbocycles. The van der Waals surface area contributed by atoms with Gasteiger partial charge in [0.25, 0.3) is 0 Å². The van der Waals surface area contributed by atoms with Crippen LogP contribution in [0, 0.1) is 11.3 Å². The summed E-state index contributed by atoms with van der Waals surface area (Å²) in [5, 5.41) is 0. The summed E-state index contributed by atoms with van der Waals surface area (Å²) < 4.78 is 5.09. The molecule has 96 valence electrons. The lowest BCUT2D eigenvalue weighted by atomic mass is 9.81. The van der Waals surface area contributed by atoms with Crippen molar-refractivity contribution >= 4 is 5.78 Å². The normalized spacial score (nSPS) is 20.2. The van der Waals surface area contributed by atoms with Crippen molar-refractivity contribution in [3.63, 3.8) is 0 Å². The molecule has 0 saturated carbocycles. The lowest BCUT2D eigenvalue weighted by molar-refractivity contribution is -0.122. The van der Waals surface area contributed by atoms with E-state index in [0.29, 0.717) is 18.8 Å². The van der Waals surface area contributed by atoms with Crippen molar-refractivity contribution < 1.29 is 9.53 Å². The highest BCUT2D eigenvalue weighted by Gasteiger charge is 2.29. The predicted octanol–water partition coefficient (Wildman–Crippen LogP) is 3.53. The summed E-state index contributed by atoms with van der Waals surface area (Å²) in [6.45, 7) is 9.06. The fourth-order valence-electron chi connectivity index (χ4n) is 2.26. The minimum Gasteiger partial charge on any atom is -0.384 e. The molecule has 0 saturated heterocycles.